The van der Waals surface area contributed by atoms with Crippen LogP contribution in [0.15, 0.2) is 0 Å². The summed E-state index contributed by atoms with van der Waals surface area (Å²) in [4.78, 5) is 24.2. The first kappa shape index (κ1) is 14.4. The van der Waals surface area contributed by atoms with Crippen LogP contribution in [0.1, 0.15) is 20.3 Å². The standard InChI is InChI=1S/C11H18N2O3/c1-8(6-12)7-13(3)10(14)5-9(2)11(15)16-4/h8-9H,5,7H2,1-4H3. The lowest BCUT2D eigenvalue weighted by Gasteiger charge is -2.19. The van der Waals surface area contributed by atoms with Gasteiger partial charge >= 0.3 is 5.97 Å². The van der Waals surface area contributed by atoms with Gasteiger partial charge in [0.05, 0.1) is 25.0 Å². The molecule has 0 spiro atoms. The molecule has 0 radical (unpaired) electrons. The molecule has 0 bridgehead atoms. The lowest BCUT2D eigenvalue weighted by atomic mass is 10.1. The molecule has 0 aromatic carbocycles. The van der Waals surface area contributed by atoms with Crippen LogP contribution in [0, 0.1) is 23.2 Å². The third-order valence-corrected chi connectivity index (χ3v) is 2.28. The first-order valence-corrected chi connectivity index (χ1v) is 5.13. The maximum Gasteiger partial charge on any atom is 0.308 e. The van der Waals surface area contributed by atoms with Crippen molar-refractivity contribution in [2.45, 2.75) is 20.3 Å². The van der Waals surface area contributed by atoms with Crippen LogP contribution in [0.25, 0.3) is 0 Å². The highest BCUT2D eigenvalue weighted by molar-refractivity contribution is 5.82. The van der Waals surface area contributed by atoms with E-state index in [1.54, 1.807) is 20.9 Å². The van der Waals surface area contributed by atoms with Crippen molar-refractivity contribution in [2.75, 3.05) is 20.7 Å². The molecule has 0 aliphatic carbocycles. The number of nitriles is 1. The van der Waals surface area contributed by atoms with Crippen molar-refractivity contribution in [1.82, 2.24) is 4.90 Å². The predicted molar refractivity (Wildman–Crippen MR) is 58.2 cm³/mol. The largest absolute Gasteiger partial charge is 0.469 e. The van der Waals surface area contributed by atoms with Crippen molar-refractivity contribution < 1.29 is 14.3 Å². The van der Waals surface area contributed by atoms with Gasteiger partial charge in [0, 0.05) is 20.0 Å². The molecule has 0 fully saturated rings. The van der Waals surface area contributed by atoms with E-state index in [9.17, 15) is 9.59 Å². The smallest absolute Gasteiger partial charge is 0.308 e. The average molecular weight is 226 g/mol. The summed E-state index contributed by atoms with van der Waals surface area (Å²) in [5, 5.41) is 8.61. The van der Waals surface area contributed by atoms with E-state index in [4.69, 9.17) is 5.26 Å². The first-order chi connectivity index (χ1) is 7.42. The summed E-state index contributed by atoms with van der Waals surface area (Å²) in [5.41, 5.74) is 0. The number of amides is 1. The summed E-state index contributed by atoms with van der Waals surface area (Å²) in [5.74, 6) is -1.20. The molecule has 0 aliphatic heterocycles. The number of esters is 1. The number of carbonyl (C=O) groups is 2. The Morgan fingerprint density at radius 1 is 1.44 bits per heavy atom. The molecule has 2 atom stereocenters. The van der Waals surface area contributed by atoms with Gasteiger partial charge in [-0.1, -0.05) is 6.92 Å². The molecule has 0 rings (SSSR count). The number of hydrogen-bond donors (Lipinski definition) is 0. The third kappa shape index (κ3) is 4.78. The Hall–Kier alpha value is -1.57. The highest BCUT2D eigenvalue weighted by Crippen LogP contribution is 2.07. The van der Waals surface area contributed by atoms with Crippen molar-refractivity contribution in [3.8, 4) is 6.07 Å². The number of hydrogen-bond acceptors (Lipinski definition) is 4. The van der Waals surface area contributed by atoms with Gasteiger partial charge in [-0.3, -0.25) is 9.59 Å². The number of nitrogens with zero attached hydrogens (tertiary/aromatic N) is 2. The second-order valence-electron chi connectivity index (χ2n) is 3.93. The Kier molecular flexibility index (Phi) is 6.16. The number of carbonyl (C=O) groups excluding carboxylic acids is 2. The van der Waals surface area contributed by atoms with Gasteiger partial charge < -0.3 is 9.64 Å². The zero-order valence-electron chi connectivity index (χ0n) is 10.2. The Morgan fingerprint density at radius 2 is 2.00 bits per heavy atom. The van der Waals surface area contributed by atoms with Gasteiger partial charge in [0.2, 0.25) is 5.91 Å². The SMILES string of the molecule is COC(=O)C(C)CC(=O)N(C)CC(C)C#N. The third-order valence-electron chi connectivity index (χ3n) is 2.28. The highest BCUT2D eigenvalue weighted by Gasteiger charge is 2.20. The van der Waals surface area contributed by atoms with E-state index in [-0.39, 0.29) is 18.2 Å². The summed E-state index contributed by atoms with van der Waals surface area (Å²) in [6, 6.07) is 2.05. The van der Waals surface area contributed by atoms with Crippen LogP contribution < -0.4 is 0 Å². The molecule has 0 N–H and O–H groups in total. The minimum Gasteiger partial charge on any atom is -0.469 e. The lowest BCUT2D eigenvalue weighted by molar-refractivity contribution is -0.148. The van der Waals surface area contributed by atoms with E-state index in [0.29, 0.717) is 6.54 Å². The van der Waals surface area contributed by atoms with Crippen LogP contribution in [0.3, 0.4) is 0 Å². The molecule has 16 heavy (non-hydrogen) atoms. The minimum absolute atomic E-state index is 0.112. The highest BCUT2D eigenvalue weighted by atomic mass is 16.5. The van der Waals surface area contributed by atoms with Gasteiger partial charge in [0.25, 0.3) is 0 Å². The van der Waals surface area contributed by atoms with E-state index in [1.165, 1.54) is 12.0 Å². The van der Waals surface area contributed by atoms with Crippen LogP contribution >= 0.6 is 0 Å². The molecule has 0 saturated heterocycles. The van der Waals surface area contributed by atoms with E-state index < -0.39 is 11.9 Å². The fourth-order valence-electron chi connectivity index (χ4n) is 1.26. The zero-order valence-corrected chi connectivity index (χ0v) is 10.2. The van der Waals surface area contributed by atoms with Crippen molar-refractivity contribution in [1.29, 1.82) is 5.26 Å². The van der Waals surface area contributed by atoms with E-state index in [2.05, 4.69) is 10.8 Å². The normalized spacial score (nSPS) is 13.4. The lowest BCUT2D eigenvalue weighted by Crippen LogP contribution is -2.33. The van der Waals surface area contributed by atoms with Crippen molar-refractivity contribution in [2.24, 2.45) is 11.8 Å². The predicted octanol–water partition coefficient (Wildman–Crippen LogP) is 0.804. The summed E-state index contributed by atoms with van der Waals surface area (Å²) in [7, 11) is 2.92. The molecule has 0 aromatic rings. The van der Waals surface area contributed by atoms with Crippen molar-refractivity contribution in [3.63, 3.8) is 0 Å². The van der Waals surface area contributed by atoms with Crippen LogP contribution in [0.5, 0.6) is 0 Å². The molecular weight excluding hydrogens is 208 g/mol. The summed E-state index contributed by atoms with van der Waals surface area (Å²) in [6.07, 6.45) is 0.112. The Bertz CT molecular complexity index is 296. The number of rotatable bonds is 5. The van der Waals surface area contributed by atoms with Gasteiger partial charge in [0.1, 0.15) is 0 Å². The molecule has 5 heteroatoms. The summed E-state index contributed by atoms with van der Waals surface area (Å²) < 4.78 is 4.53. The molecule has 1 amide bonds. The van der Waals surface area contributed by atoms with E-state index in [1.807, 2.05) is 0 Å². The van der Waals surface area contributed by atoms with Gasteiger partial charge in [-0.05, 0) is 6.92 Å². The molecule has 0 aromatic heterocycles. The average Bonchev–Trinajstić information content (AvgIpc) is 2.27. The summed E-state index contributed by atoms with van der Waals surface area (Å²) >= 11 is 0. The van der Waals surface area contributed by atoms with Crippen LogP contribution in [-0.2, 0) is 14.3 Å². The van der Waals surface area contributed by atoms with Crippen molar-refractivity contribution in [3.05, 3.63) is 0 Å². The number of ether oxygens (including phenoxy) is 1. The fraction of sp³-hybridized carbons (Fsp3) is 0.727. The Labute approximate surface area is 96.0 Å². The fourth-order valence-corrected chi connectivity index (χ4v) is 1.26. The molecule has 0 saturated carbocycles. The van der Waals surface area contributed by atoms with Gasteiger partial charge in [-0.15, -0.1) is 0 Å². The Balaban J connectivity index is 4.16. The molecule has 2 unspecified atom stereocenters. The second-order valence-corrected chi connectivity index (χ2v) is 3.93. The topological polar surface area (TPSA) is 70.4 Å². The van der Waals surface area contributed by atoms with Crippen LogP contribution in [-0.4, -0.2) is 37.5 Å². The summed E-state index contributed by atoms with van der Waals surface area (Å²) in [6.45, 7) is 3.77. The quantitative estimate of drug-likeness (QED) is 0.650. The van der Waals surface area contributed by atoms with Crippen LogP contribution in [0.2, 0.25) is 0 Å². The minimum atomic E-state index is -0.447. The van der Waals surface area contributed by atoms with Crippen molar-refractivity contribution >= 4 is 11.9 Å². The Morgan fingerprint density at radius 3 is 2.44 bits per heavy atom. The van der Waals surface area contributed by atoms with Crippen LogP contribution in [0.4, 0.5) is 0 Å². The first-order valence-electron chi connectivity index (χ1n) is 5.13. The molecular formula is C11H18N2O3. The maximum absolute atomic E-state index is 11.6. The van der Waals surface area contributed by atoms with Gasteiger partial charge in [-0.25, -0.2) is 0 Å². The molecule has 5 nitrogen and oxygen atoms in total. The van der Waals surface area contributed by atoms with Gasteiger partial charge in [0.15, 0.2) is 0 Å². The molecule has 0 aliphatic rings. The van der Waals surface area contributed by atoms with E-state index in [0.717, 1.165) is 0 Å². The maximum atomic E-state index is 11.6. The number of methoxy groups -OCH3 is 1. The monoisotopic (exact) mass is 226 g/mol. The molecule has 90 valence electrons. The second kappa shape index (κ2) is 6.83. The van der Waals surface area contributed by atoms with Gasteiger partial charge in [-0.2, -0.15) is 5.26 Å². The molecule has 0 heterocycles. The van der Waals surface area contributed by atoms with E-state index >= 15 is 0 Å². The zero-order chi connectivity index (χ0) is 12.7.